The van der Waals surface area contributed by atoms with Gasteiger partial charge in [-0.2, -0.15) is 0 Å². The van der Waals surface area contributed by atoms with Gasteiger partial charge in [0.1, 0.15) is 18.2 Å². The summed E-state index contributed by atoms with van der Waals surface area (Å²) in [6.07, 6.45) is 0. The predicted molar refractivity (Wildman–Crippen MR) is 111 cm³/mol. The third kappa shape index (κ3) is 6.34. The Balaban J connectivity index is 0.00000280. The highest BCUT2D eigenvalue weighted by molar-refractivity contribution is 7.99. The number of thioether (sulfide) groups is 1. The molecule has 0 unspecified atom stereocenters. The smallest absolute Gasteiger partial charge is 0.209 e. The standard InChI is InChI=1S/C18H19ClFN5OS.ClH/c1-25-18(22-23-24-25)27-9-8-21-11-14-10-15(19)6-7-17(14)26-12-13-4-2-3-5-16(13)20;/h2-7,10,21H,8-9,11-12H2,1H3;1H. The SMILES string of the molecule is Cl.Cn1nnnc1SCCNCc1cc(Cl)ccc1OCc1ccccc1F. The number of halogens is 3. The third-order valence-electron chi connectivity index (χ3n) is 3.77. The molecule has 0 amide bonds. The van der Waals surface area contributed by atoms with E-state index in [4.69, 9.17) is 16.3 Å². The number of benzene rings is 2. The zero-order chi connectivity index (χ0) is 19.1. The monoisotopic (exact) mass is 443 g/mol. The molecule has 1 N–H and O–H groups in total. The molecule has 0 bridgehead atoms. The van der Waals surface area contributed by atoms with Crippen LogP contribution in [-0.4, -0.2) is 32.5 Å². The molecule has 0 saturated heterocycles. The lowest BCUT2D eigenvalue weighted by Gasteiger charge is -2.13. The summed E-state index contributed by atoms with van der Waals surface area (Å²) in [7, 11) is 1.81. The van der Waals surface area contributed by atoms with Crippen LogP contribution in [0.25, 0.3) is 0 Å². The molecule has 0 aliphatic rings. The molecule has 3 aromatic rings. The van der Waals surface area contributed by atoms with E-state index in [2.05, 4.69) is 20.8 Å². The molecule has 0 saturated carbocycles. The Morgan fingerprint density at radius 2 is 2.04 bits per heavy atom. The molecule has 2 aromatic carbocycles. The van der Waals surface area contributed by atoms with Gasteiger partial charge in [0.25, 0.3) is 0 Å². The van der Waals surface area contributed by atoms with Gasteiger partial charge in [-0.3, -0.25) is 0 Å². The van der Waals surface area contributed by atoms with E-state index in [0.29, 0.717) is 22.9 Å². The molecule has 28 heavy (non-hydrogen) atoms. The van der Waals surface area contributed by atoms with Gasteiger partial charge < -0.3 is 10.1 Å². The van der Waals surface area contributed by atoms with Crippen LogP contribution in [-0.2, 0) is 20.2 Å². The van der Waals surface area contributed by atoms with E-state index in [1.54, 1.807) is 53.8 Å². The number of aryl methyl sites for hydroxylation is 1. The van der Waals surface area contributed by atoms with Crippen LogP contribution in [0.1, 0.15) is 11.1 Å². The van der Waals surface area contributed by atoms with Crippen LogP contribution in [0, 0.1) is 5.82 Å². The van der Waals surface area contributed by atoms with Crippen molar-refractivity contribution in [1.82, 2.24) is 25.5 Å². The molecule has 6 nitrogen and oxygen atoms in total. The minimum atomic E-state index is -0.276. The molecule has 1 aromatic heterocycles. The van der Waals surface area contributed by atoms with Gasteiger partial charge in [0.05, 0.1) is 0 Å². The number of tetrazole rings is 1. The van der Waals surface area contributed by atoms with E-state index >= 15 is 0 Å². The van der Waals surface area contributed by atoms with Crippen molar-refractivity contribution in [2.45, 2.75) is 18.3 Å². The molecule has 0 aliphatic carbocycles. The van der Waals surface area contributed by atoms with Crippen molar-refractivity contribution in [3.63, 3.8) is 0 Å². The minimum Gasteiger partial charge on any atom is -0.488 e. The molecule has 0 aliphatic heterocycles. The van der Waals surface area contributed by atoms with Crippen LogP contribution < -0.4 is 10.1 Å². The number of nitrogens with zero attached hydrogens (tertiary/aromatic N) is 4. The van der Waals surface area contributed by atoms with Crippen molar-refractivity contribution in [1.29, 1.82) is 0 Å². The summed E-state index contributed by atoms with van der Waals surface area (Å²) in [5, 5.41) is 16.1. The lowest BCUT2D eigenvalue weighted by atomic mass is 10.2. The first-order valence-corrected chi connectivity index (χ1v) is 9.70. The molecule has 0 atom stereocenters. The number of hydrogen-bond acceptors (Lipinski definition) is 6. The first kappa shape index (κ1) is 22.4. The molecule has 3 rings (SSSR count). The van der Waals surface area contributed by atoms with Crippen LogP contribution in [0.5, 0.6) is 5.75 Å². The second kappa shape index (κ2) is 11.2. The fourth-order valence-corrected chi connectivity index (χ4v) is 3.32. The van der Waals surface area contributed by atoms with Crippen molar-refractivity contribution in [3.8, 4) is 5.75 Å². The van der Waals surface area contributed by atoms with Gasteiger partial charge in [0, 0.05) is 42.0 Å². The fourth-order valence-electron chi connectivity index (χ4n) is 2.38. The van der Waals surface area contributed by atoms with Crippen molar-refractivity contribution in [2.75, 3.05) is 12.3 Å². The highest BCUT2D eigenvalue weighted by Crippen LogP contribution is 2.24. The summed E-state index contributed by atoms with van der Waals surface area (Å²) < 4.78 is 21.2. The van der Waals surface area contributed by atoms with Crippen LogP contribution in [0.3, 0.4) is 0 Å². The van der Waals surface area contributed by atoms with Gasteiger partial charge in [-0.1, -0.05) is 41.6 Å². The van der Waals surface area contributed by atoms with Crippen molar-refractivity contribution in [3.05, 3.63) is 64.4 Å². The number of ether oxygens (including phenoxy) is 1. The van der Waals surface area contributed by atoms with Crippen LogP contribution >= 0.6 is 35.8 Å². The largest absolute Gasteiger partial charge is 0.488 e. The Hall–Kier alpha value is -1.87. The first-order valence-electron chi connectivity index (χ1n) is 8.34. The van der Waals surface area contributed by atoms with Gasteiger partial charge in [0.2, 0.25) is 5.16 Å². The second-order valence-electron chi connectivity index (χ2n) is 5.74. The summed E-state index contributed by atoms with van der Waals surface area (Å²) in [4.78, 5) is 0. The minimum absolute atomic E-state index is 0. The summed E-state index contributed by atoms with van der Waals surface area (Å²) in [6, 6.07) is 12.0. The number of hydrogen-bond donors (Lipinski definition) is 1. The molecule has 10 heteroatoms. The zero-order valence-corrected chi connectivity index (χ0v) is 17.5. The number of aromatic nitrogens is 4. The number of rotatable bonds is 9. The summed E-state index contributed by atoms with van der Waals surface area (Å²) in [5.74, 6) is 1.22. The van der Waals surface area contributed by atoms with E-state index < -0.39 is 0 Å². The Kier molecular flexibility index (Phi) is 8.98. The fraction of sp³-hybridized carbons (Fsp3) is 0.278. The lowest BCUT2D eigenvalue weighted by molar-refractivity contribution is 0.296. The highest BCUT2D eigenvalue weighted by Gasteiger charge is 2.08. The maximum Gasteiger partial charge on any atom is 0.209 e. The van der Waals surface area contributed by atoms with Crippen LogP contribution in [0.15, 0.2) is 47.6 Å². The van der Waals surface area contributed by atoms with Crippen LogP contribution in [0.2, 0.25) is 5.02 Å². The van der Waals surface area contributed by atoms with Gasteiger partial charge in [0.15, 0.2) is 0 Å². The predicted octanol–water partition coefficient (Wildman–Crippen LogP) is 3.89. The zero-order valence-electron chi connectivity index (χ0n) is 15.1. The Labute approximate surface area is 178 Å². The van der Waals surface area contributed by atoms with Crippen molar-refractivity contribution >= 4 is 35.8 Å². The first-order chi connectivity index (χ1) is 13.1. The van der Waals surface area contributed by atoms with Gasteiger partial charge >= 0.3 is 0 Å². The third-order valence-corrected chi connectivity index (χ3v) is 5.02. The molecule has 1 heterocycles. The molecule has 0 radical (unpaired) electrons. The Morgan fingerprint density at radius 3 is 2.79 bits per heavy atom. The Morgan fingerprint density at radius 1 is 1.21 bits per heavy atom. The van der Waals surface area contributed by atoms with E-state index in [9.17, 15) is 4.39 Å². The van der Waals surface area contributed by atoms with Crippen molar-refractivity contribution < 1.29 is 9.13 Å². The second-order valence-corrected chi connectivity index (χ2v) is 7.24. The van der Waals surface area contributed by atoms with E-state index in [-0.39, 0.29) is 24.8 Å². The summed E-state index contributed by atoms with van der Waals surface area (Å²) >= 11 is 7.68. The molecular formula is C18H20Cl2FN5OS. The molecular weight excluding hydrogens is 424 g/mol. The molecule has 150 valence electrons. The topological polar surface area (TPSA) is 64.9 Å². The van der Waals surface area contributed by atoms with E-state index in [1.165, 1.54) is 6.07 Å². The quantitative estimate of drug-likeness (QED) is 0.399. The highest BCUT2D eigenvalue weighted by atomic mass is 35.5. The maximum absolute atomic E-state index is 13.8. The average molecular weight is 444 g/mol. The van der Waals surface area contributed by atoms with E-state index in [0.717, 1.165) is 23.0 Å². The molecule has 0 fully saturated rings. The van der Waals surface area contributed by atoms with Gasteiger partial charge in [-0.05, 0) is 34.7 Å². The average Bonchev–Trinajstić information content (AvgIpc) is 3.07. The Bertz CT molecular complexity index is 896. The van der Waals surface area contributed by atoms with Crippen molar-refractivity contribution in [2.24, 2.45) is 7.05 Å². The van der Waals surface area contributed by atoms with E-state index in [1.807, 2.05) is 6.07 Å². The normalized spacial score (nSPS) is 10.5. The maximum atomic E-state index is 13.8. The number of nitrogens with one attached hydrogen (secondary N) is 1. The molecule has 0 spiro atoms. The summed E-state index contributed by atoms with van der Waals surface area (Å²) in [6.45, 7) is 1.51. The lowest BCUT2D eigenvalue weighted by Crippen LogP contribution is -2.17. The van der Waals surface area contributed by atoms with Gasteiger partial charge in [-0.15, -0.1) is 17.5 Å². The summed E-state index contributed by atoms with van der Waals surface area (Å²) in [5.41, 5.74) is 1.43. The van der Waals surface area contributed by atoms with Crippen LogP contribution in [0.4, 0.5) is 4.39 Å². The van der Waals surface area contributed by atoms with Gasteiger partial charge in [-0.25, -0.2) is 9.07 Å².